The van der Waals surface area contributed by atoms with Crippen molar-refractivity contribution in [3.05, 3.63) is 35.6 Å². The zero-order valence-electron chi connectivity index (χ0n) is 11.3. The van der Waals surface area contributed by atoms with Gasteiger partial charge in [0.2, 0.25) is 0 Å². The minimum absolute atomic E-state index is 0.0659. The second-order valence-electron chi connectivity index (χ2n) is 5.64. The van der Waals surface area contributed by atoms with Crippen molar-refractivity contribution in [2.75, 3.05) is 13.1 Å². The number of nitrogens with two attached hydrogens (primary N) is 1. The molecule has 100 valence electrons. The van der Waals surface area contributed by atoms with Gasteiger partial charge in [-0.1, -0.05) is 19.1 Å². The highest BCUT2D eigenvalue weighted by Crippen LogP contribution is 2.24. The highest BCUT2D eigenvalue weighted by molar-refractivity contribution is 5.19. The Kier molecular flexibility index (Phi) is 4.36. The van der Waals surface area contributed by atoms with Crippen molar-refractivity contribution in [2.24, 2.45) is 11.7 Å². The predicted molar refractivity (Wildman–Crippen MR) is 72.8 cm³/mol. The summed E-state index contributed by atoms with van der Waals surface area (Å²) in [4.78, 5) is 2.49. The number of halogens is 1. The fraction of sp³-hybridized carbons (Fsp3) is 0.600. The van der Waals surface area contributed by atoms with Crippen molar-refractivity contribution < 1.29 is 4.39 Å². The molecule has 1 aliphatic rings. The van der Waals surface area contributed by atoms with Gasteiger partial charge in [0.05, 0.1) is 0 Å². The van der Waals surface area contributed by atoms with Crippen molar-refractivity contribution in [1.82, 2.24) is 4.90 Å². The second-order valence-corrected chi connectivity index (χ2v) is 5.64. The molecule has 2 nitrogen and oxygen atoms in total. The highest BCUT2D eigenvalue weighted by Gasteiger charge is 2.25. The van der Waals surface area contributed by atoms with Gasteiger partial charge in [-0.05, 0) is 43.4 Å². The lowest BCUT2D eigenvalue weighted by Gasteiger charge is -2.23. The largest absolute Gasteiger partial charge is 0.324 e. The molecule has 0 spiro atoms. The third-order valence-electron chi connectivity index (χ3n) is 3.92. The minimum Gasteiger partial charge on any atom is -0.324 e. The molecule has 3 unspecified atom stereocenters. The Hall–Kier alpha value is -0.930. The van der Waals surface area contributed by atoms with E-state index in [2.05, 4.69) is 18.7 Å². The summed E-state index contributed by atoms with van der Waals surface area (Å²) in [6, 6.07) is 7.22. The van der Waals surface area contributed by atoms with Gasteiger partial charge in [0.1, 0.15) is 5.82 Å². The summed E-state index contributed by atoms with van der Waals surface area (Å²) in [6.45, 7) is 6.74. The smallest absolute Gasteiger partial charge is 0.123 e. The van der Waals surface area contributed by atoms with E-state index in [1.54, 1.807) is 12.1 Å². The van der Waals surface area contributed by atoms with E-state index < -0.39 is 0 Å². The quantitative estimate of drug-likeness (QED) is 0.890. The van der Waals surface area contributed by atoms with E-state index in [4.69, 9.17) is 5.73 Å². The number of hydrogen-bond acceptors (Lipinski definition) is 2. The Morgan fingerprint density at radius 2 is 2.22 bits per heavy atom. The SMILES string of the molecule is CC1CC(C)N(CCC(N)c2cccc(F)c2)C1. The van der Waals surface area contributed by atoms with Crippen LogP contribution in [0.1, 0.15) is 38.3 Å². The molecule has 2 rings (SSSR count). The summed E-state index contributed by atoms with van der Waals surface area (Å²) in [6.07, 6.45) is 2.16. The molecule has 18 heavy (non-hydrogen) atoms. The number of nitrogens with zero attached hydrogens (tertiary/aromatic N) is 1. The second kappa shape index (κ2) is 5.81. The van der Waals surface area contributed by atoms with Gasteiger partial charge in [-0.25, -0.2) is 4.39 Å². The Morgan fingerprint density at radius 1 is 1.44 bits per heavy atom. The normalized spacial score (nSPS) is 26.4. The molecule has 2 N–H and O–H groups in total. The molecule has 3 atom stereocenters. The lowest BCUT2D eigenvalue weighted by atomic mass is 10.0. The Morgan fingerprint density at radius 3 is 2.83 bits per heavy atom. The zero-order valence-corrected chi connectivity index (χ0v) is 11.3. The van der Waals surface area contributed by atoms with Crippen molar-refractivity contribution in [1.29, 1.82) is 0 Å². The van der Waals surface area contributed by atoms with Gasteiger partial charge in [-0.2, -0.15) is 0 Å². The third-order valence-corrected chi connectivity index (χ3v) is 3.92. The standard InChI is InChI=1S/C15H23FN2/c1-11-8-12(2)18(10-11)7-6-15(17)13-4-3-5-14(16)9-13/h3-5,9,11-12,15H,6-8,10,17H2,1-2H3. The highest BCUT2D eigenvalue weighted by atomic mass is 19.1. The average molecular weight is 250 g/mol. The summed E-state index contributed by atoms with van der Waals surface area (Å²) in [5.41, 5.74) is 7.03. The van der Waals surface area contributed by atoms with Crippen LogP contribution in [0.25, 0.3) is 0 Å². The van der Waals surface area contributed by atoms with Crippen molar-refractivity contribution in [3.8, 4) is 0 Å². The van der Waals surface area contributed by atoms with Gasteiger partial charge in [0, 0.05) is 25.2 Å². The summed E-state index contributed by atoms with van der Waals surface area (Å²) in [5, 5.41) is 0. The van der Waals surface area contributed by atoms with Crippen molar-refractivity contribution in [3.63, 3.8) is 0 Å². The van der Waals surface area contributed by atoms with E-state index in [1.807, 2.05) is 6.07 Å². The van der Waals surface area contributed by atoms with Crippen LogP contribution in [0.4, 0.5) is 4.39 Å². The van der Waals surface area contributed by atoms with Crippen LogP contribution in [0.2, 0.25) is 0 Å². The summed E-state index contributed by atoms with van der Waals surface area (Å²) >= 11 is 0. The molecule has 1 saturated heterocycles. The van der Waals surface area contributed by atoms with Crippen LogP contribution in [0, 0.1) is 11.7 Å². The molecule has 0 saturated carbocycles. The van der Waals surface area contributed by atoms with E-state index in [0.717, 1.165) is 31.0 Å². The number of rotatable bonds is 4. The van der Waals surface area contributed by atoms with Gasteiger partial charge in [0.25, 0.3) is 0 Å². The molecule has 0 aliphatic carbocycles. The van der Waals surface area contributed by atoms with Gasteiger partial charge < -0.3 is 10.6 Å². The maximum Gasteiger partial charge on any atom is 0.123 e. The summed E-state index contributed by atoms with van der Waals surface area (Å²) in [5.74, 6) is 0.580. The first-order chi connectivity index (χ1) is 8.56. The molecular weight excluding hydrogens is 227 g/mol. The van der Waals surface area contributed by atoms with Crippen molar-refractivity contribution >= 4 is 0 Å². The summed E-state index contributed by atoms with van der Waals surface area (Å²) in [7, 11) is 0. The Bertz CT molecular complexity index is 394. The average Bonchev–Trinajstić information content (AvgIpc) is 2.65. The van der Waals surface area contributed by atoms with E-state index in [1.165, 1.54) is 12.5 Å². The molecule has 1 aromatic carbocycles. The summed E-state index contributed by atoms with van der Waals surface area (Å²) < 4.78 is 13.1. The topological polar surface area (TPSA) is 29.3 Å². The van der Waals surface area contributed by atoms with Crippen LogP contribution in [0.3, 0.4) is 0 Å². The van der Waals surface area contributed by atoms with E-state index in [0.29, 0.717) is 6.04 Å². The molecule has 0 amide bonds. The van der Waals surface area contributed by atoms with Crippen LogP contribution in [0.5, 0.6) is 0 Å². The number of hydrogen-bond donors (Lipinski definition) is 1. The van der Waals surface area contributed by atoms with Crippen LogP contribution >= 0.6 is 0 Å². The van der Waals surface area contributed by atoms with Gasteiger partial charge in [-0.15, -0.1) is 0 Å². The first-order valence-corrected chi connectivity index (χ1v) is 6.81. The minimum atomic E-state index is -0.203. The van der Waals surface area contributed by atoms with Crippen molar-refractivity contribution in [2.45, 2.75) is 38.8 Å². The predicted octanol–water partition coefficient (Wildman–Crippen LogP) is 2.95. The van der Waals surface area contributed by atoms with E-state index in [9.17, 15) is 4.39 Å². The molecular formula is C15H23FN2. The molecule has 1 aromatic rings. The number of benzene rings is 1. The van der Waals surface area contributed by atoms with E-state index in [-0.39, 0.29) is 11.9 Å². The fourth-order valence-corrected chi connectivity index (χ4v) is 2.91. The third kappa shape index (κ3) is 3.30. The molecule has 1 heterocycles. The molecule has 0 aromatic heterocycles. The van der Waals surface area contributed by atoms with Crippen LogP contribution in [-0.4, -0.2) is 24.0 Å². The van der Waals surface area contributed by atoms with Crippen LogP contribution in [0.15, 0.2) is 24.3 Å². The Labute approximate surface area is 109 Å². The zero-order chi connectivity index (χ0) is 13.1. The molecule has 0 bridgehead atoms. The number of likely N-dealkylation sites (tertiary alicyclic amines) is 1. The van der Waals surface area contributed by atoms with Gasteiger partial charge in [-0.3, -0.25) is 0 Å². The lowest BCUT2D eigenvalue weighted by molar-refractivity contribution is 0.255. The fourth-order valence-electron chi connectivity index (χ4n) is 2.91. The molecule has 3 heteroatoms. The molecule has 1 aliphatic heterocycles. The van der Waals surface area contributed by atoms with Crippen LogP contribution < -0.4 is 5.73 Å². The maximum absolute atomic E-state index is 13.1. The maximum atomic E-state index is 13.1. The molecule has 1 fully saturated rings. The van der Waals surface area contributed by atoms with E-state index >= 15 is 0 Å². The Balaban J connectivity index is 1.87. The van der Waals surface area contributed by atoms with Gasteiger partial charge in [0.15, 0.2) is 0 Å². The monoisotopic (exact) mass is 250 g/mol. The molecule has 0 radical (unpaired) electrons. The van der Waals surface area contributed by atoms with Crippen LogP contribution in [-0.2, 0) is 0 Å². The first-order valence-electron chi connectivity index (χ1n) is 6.81. The lowest BCUT2D eigenvalue weighted by Crippen LogP contribution is -2.30. The first kappa shape index (κ1) is 13.5. The van der Waals surface area contributed by atoms with Gasteiger partial charge >= 0.3 is 0 Å².